The number of rotatable bonds is 5. The maximum atomic E-state index is 11.0. The molecule has 128 valence electrons. The van der Waals surface area contributed by atoms with E-state index < -0.39 is 5.91 Å². The molecule has 1 aromatic heterocycles. The standard InChI is InChI=1S/C17H28N4O2/c1-4-19-17(21-13-8-11(2)7-12(3)9-13)20-10-14-5-6-15(23-14)16(18)22/h5-6,11-13H,4,7-10H2,1-3H3,(H2,18,22)(H2,19,20,21). The second kappa shape index (κ2) is 8.04. The van der Waals surface area contributed by atoms with Crippen molar-refractivity contribution in [3.8, 4) is 0 Å². The van der Waals surface area contributed by atoms with Crippen LogP contribution < -0.4 is 16.4 Å². The average Bonchev–Trinajstić information content (AvgIpc) is 2.93. The Morgan fingerprint density at radius 2 is 2.00 bits per heavy atom. The summed E-state index contributed by atoms with van der Waals surface area (Å²) in [5.74, 6) is 2.50. The van der Waals surface area contributed by atoms with Crippen LogP contribution in [-0.2, 0) is 6.54 Å². The van der Waals surface area contributed by atoms with E-state index in [9.17, 15) is 4.79 Å². The van der Waals surface area contributed by atoms with Crippen LogP contribution in [0.4, 0.5) is 0 Å². The quantitative estimate of drug-likeness (QED) is 0.573. The van der Waals surface area contributed by atoms with Gasteiger partial charge in [-0.05, 0) is 50.2 Å². The Balaban J connectivity index is 1.97. The minimum atomic E-state index is -0.560. The van der Waals surface area contributed by atoms with Gasteiger partial charge in [0, 0.05) is 12.6 Å². The molecule has 2 unspecified atom stereocenters. The Morgan fingerprint density at radius 1 is 1.30 bits per heavy atom. The molecule has 2 rings (SSSR count). The summed E-state index contributed by atoms with van der Waals surface area (Å²) in [6.45, 7) is 7.83. The van der Waals surface area contributed by atoms with Crippen molar-refractivity contribution < 1.29 is 9.21 Å². The van der Waals surface area contributed by atoms with Crippen LogP contribution in [0.5, 0.6) is 0 Å². The number of hydrogen-bond donors (Lipinski definition) is 3. The first kappa shape index (κ1) is 17.4. The number of furan rings is 1. The first-order valence-electron chi connectivity index (χ1n) is 8.41. The van der Waals surface area contributed by atoms with Gasteiger partial charge in [0.2, 0.25) is 0 Å². The first-order chi connectivity index (χ1) is 11.0. The van der Waals surface area contributed by atoms with E-state index in [2.05, 4.69) is 29.5 Å². The van der Waals surface area contributed by atoms with Crippen LogP contribution >= 0.6 is 0 Å². The summed E-state index contributed by atoms with van der Waals surface area (Å²) in [7, 11) is 0. The Kier molecular flexibility index (Phi) is 6.07. The fourth-order valence-corrected chi connectivity index (χ4v) is 3.33. The molecule has 1 aliphatic carbocycles. The minimum Gasteiger partial charge on any atom is -0.454 e. The number of primary amides is 1. The number of carbonyl (C=O) groups excluding carboxylic acids is 1. The zero-order chi connectivity index (χ0) is 16.8. The summed E-state index contributed by atoms with van der Waals surface area (Å²) in [5.41, 5.74) is 5.19. The van der Waals surface area contributed by atoms with E-state index >= 15 is 0 Å². The molecule has 1 heterocycles. The average molecular weight is 320 g/mol. The lowest BCUT2D eigenvalue weighted by atomic mass is 9.80. The first-order valence-corrected chi connectivity index (χ1v) is 8.41. The van der Waals surface area contributed by atoms with Gasteiger partial charge in [0.15, 0.2) is 11.7 Å². The predicted octanol–water partition coefficient (Wildman–Crippen LogP) is 2.26. The summed E-state index contributed by atoms with van der Waals surface area (Å²) in [6, 6.07) is 3.76. The van der Waals surface area contributed by atoms with Gasteiger partial charge in [0.05, 0.1) is 0 Å². The van der Waals surface area contributed by atoms with Gasteiger partial charge in [-0.15, -0.1) is 0 Å². The molecule has 0 bridgehead atoms. The molecular formula is C17H28N4O2. The molecule has 6 nitrogen and oxygen atoms in total. The molecule has 0 spiro atoms. The molecule has 2 atom stereocenters. The van der Waals surface area contributed by atoms with Crippen LogP contribution in [0.1, 0.15) is 56.3 Å². The molecule has 0 radical (unpaired) electrons. The molecule has 23 heavy (non-hydrogen) atoms. The number of amides is 1. The maximum Gasteiger partial charge on any atom is 0.284 e. The van der Waals surface area contributed by atoms with Crippen molar-refractivity contribution >= 4 is 11.9 Å². The minimum absolute atomic E-state index is 0.170. The lowest BCUT2D eigenvalue weighted by molar-refractivity contribution is 0.0972. The highest BCUT2D eigenvalue weighted by Crippen LogP contribution is 2.28. The number of carbonyl (C=O) groups is 1. The van der Waals surface area contributed by atoms with Gasteiger partial charge in [-0.2, -0.15) is 0 Å². The third-order valence-electron chi connectivity index (χ3n) is 4.16. The van der Waals surface area contributed by atoms with E-state index in [-0.39, 0.29) is 5.76 Å². The Morgan fingerprint density at radius 3 is 2.57 bits per heavy atom. The second-order valence-corrected chi connectivity index (χ2v) is 6.58. The smallest absolute Gasteiger partial charge is 0.284 e. The van der Waals surface area contributed by atoms with Crippen molar-refractivity contribution in [2.45, 2.75) is 52.6 Å². The van der Waals surface area contributed by atoms with Crippen LogP contribution in [0.3, 0.4) is 0 Å². The number of nitrogens with zero attached hydrogens (tertiary/aromatic N) is 1. The molecule has 0 aliphatic heterocycles. The van der Waals surface area contributed by atoms with Gasteiger partial charge in [-0.25, -0.2) is 4.99 Å². The summed E-state index contributed by atoms with van der Waals surface area (Å²) < 4.78 is 5.36. The van der Waals surface area contributed by atoms with Crippen molar-refractivity contribution in [3.63, 3.8) is 0 Å². The fraction of sp³-hybridized carbons (Fsp3) is 0.647. The highest BCUT2D eigenvalue weighted by molar-refractivity contribution is 5.89. The van der Waals surface area contributed by atoms with Crippen LogP contribution in [0, 0.1) is 11.8 Å². The second-order valence-electron chi connectivity index (χ2n) is 6.58. The normalized spacial score (nSPS) is 25.2. The summed E-state index contributed by atoms with van der Waals surface area (Å²) in [6.07, 6.45) is 3.64. The summed E-state index contributed by atoms with van der Waals surface area (Å²) in [5, 5.41) is 6.79. The van der Waals surface area contributed by atoms with Gasteiger partial charge in [0.25, 0.3) is 5.91 Å². The zero-order valence-electron chi connectivity index (χ0n) is 14.3. The highest BCUT2D eigenvalue weighted by atomic mass is 16.3. The van der Waals surface area contributed by atoms with E-state index in [1.165, 1.54) is 19.3 Å². The monoisotopic (exact) mass is 320 g/mol. The Labute approximate surface area is 137 Å². The third-order valence-corrected chi connectivity index (χ3v) is 4.16. The Bertz CT molecular complexity index is 543. The molecule has 4 N–H and O–H groups in total. The van der Waals surface area contributed by atoms with E-state index in [0.29, 0.717) is 18.3 Å². The molecule has 6 heteroatoms. The summed E-state index contributed by atoms with van der Waals surface area (Å²) in [4.78, 5) is 15.6. The van der Waals surface area contributed by atoms with E-state index in [1.54, 1.807) is 12.1 Å². The SMILES string of the molecule is CCNC(=NCc1ccc(C(N)=O)o1)NC1CC(C)CC(C)C1. The number of hydrogen-bond acceptors (Lipinski definition) is 3. The predicted molar refractivity (Wildman–Crippen MR) is 91.1 cm³/mol. The Hall–Kier alpha value is -1.98. The number of nitrogens with two attached hydrogens (primary N) is 1. The van der Waals surface area contributed by atoms with E-state index in [0.717, 1.165) is 24.3 Å². The summed E-state index contributed by atoms with van der Waals surface area (Å²) >= 11 is 0. The largest absolute Gasteiger partial charge is 0.454 e. The number of nitrogens with one attached hydrogen (secondary N) is 2. The molecule has 1 amide bonds. The zero-order valence-corrected chi connectivity index (χ0v) is 14.3. The van der Waals surface area contributed by atoms with E-state index in [4.69, 9.17) is 10.2 Å². The van der Waals surface area contributed by atoms with Crippen molar-refractivity contribution in [1.29, 1.82) is 0 Å². The van der Waals surface area contributed by atoms with Crippen LogP contribution in [-0.4, -0.2) is 24.5 Å². The highest BCUT2D eigenvalue weighted by Gasteiger charge is 2.24. The van der Waals surface area contributed by atoms with Gasteiger partial charge < -0.3 is 20.8 Å². The van der Waals surface area contributed by atoms with Crippen molar-refractivity contribution in [1.82, 2.24) is 10.6 Å². The van der Waals surface area contributed by atoms with Crippen molar-refractivity contribution in [2.75, 3.05) is 6.54 Å². The van der Waals surface area contributed by atoms with Gasteiger partial charge in [-0.1, -0.05) is 13.8 Å². The molecule has 1 aromatic rings. The lowest BCUT2D eigenvalue weighted by Crippen LogP contribution is -2.46. The van der Waals surface area contributed by atoms with Crippen LogP contribution in [0.15, 0.2) is 21.5 Å². The van der Waals surface area contributed by atoms with E-state index in [1.807, 2.05) is 6.92 Å². The fourth-order valence-electron chi connectivity index (χ4n) is 3.33. The molecule has 0 aromatic carbocycles. The van der Waals surface area contributed by atoms with Gasteiger partial charge in [-0.3, -0.25) is 4.79 Å². The third kappa shape index (κ3) is 5.30. The van der Waals surface area contributed by atoms with Crippen LogP contribution in [0.2, 0.25) is 0 Å². The molecule has 1 aliphatic rings. The van der Waals surface area contributed by atoms with Crippen molar-refractivity contribution in [3.05, 3.63) is 23.7 Å². The molecule has 1 fully saturated rings. The molecular weight excluding hydrogens is 292 g/mol. The molecule has 0 saturated heterocycles. The number of aliphatic imine (C=N–C) groups is 1. The number of guanidine groups is 1. The van der Waals surface area contributed by atoms with Gasteiger partial charge >= 0.3 is 0 Å². The lowest BCUT2D eigenvalue weighted by Gasteiger charge is -2.32. The van der Waals surface area contributed by atoms with Gasteiger partial charge in [0.1, 0.15) is 12.3 Å². The maximum absolute atomic E-state index is 11.0. The van der Waals surface area contributed by atoms with Crippen LogP contribution in [0.25, 0.3) is 0 Å². The topological polar surface area (TPSA) is 92.6 Å². The van der Waals surface area contributed by atoms with Crippen molar-refractivity contribution in [2.24, 2.45) is 22.6 Å². The molecule has 1 saturated carbocycles.